The molecule has 0 unspecified atom stereocenters. The zero-order chi connectivity index (χ0) is 27.1. The van der Waals surface area contributed by atoms with Crippen LogP contribution in [0.25, 0.3) is 0 Å². The van der Waals surface area contributed by atoms with Crippen molar-refractivity contribution < 1.29 is 22.7 Å². The van der Waals surface area contributed by atoms with Gasteiger partial charge in [-0.15, -0.1) is 0 Å². The number of amides is 1. The zero-order valence-electron chi connectivity index (χ0n) is 21.5. The van der Waals surface area contributed by atoms with Crippen LogP contribution in [0.1, 0.15) is 27.0 Å². The van der Waals surface area contributed by atoms with Crippen molar-refractivity contribution in [3.8, 4) is 11.5 Å². The summed E-state index contributed by atoms with van der Waals surface area (Å²) in [5.74, 6) is 1.13. The Morgan fingerprint density at radius 2 is 1.18 bits per heavy atom. The average Bonchev–Trinajstić information content (AvgIpc) is 2.94. The van der Waals surface area contributed by atoms with Crippen LogP contribution in [0.5, 0.6) is 11.5 Å². The number of carbonyl (C=O) groups excluding carboxylic acids is 1. The van der Waals surface area contributed by atoms with Crippen molar-refractivity contribution in [2.75, 3.05) is 19.5 Å². The van der Waals surface area contributed by atoms with Gasteiger partial charge in [0.2, 0.25) is 10.0 Å². The van der Waals surface area contributed by atoms with E-state index in [1.54, 1.807) is 62.8 Å². The Hall–Kier alpha value is -4.14. The van der Waals surface area contributed by atoms with E-state index >= 15 is 0 Å². The van der Waals surface area contributed by atoms with E-state index in [2.05, 4.69) is 5.32 Å². The van der Waals surface area contributed by atoms with Crippen molar-refractivity contribution in [3.63, 3.8) is 0 Å². The molecule has 0 aliphatic rings. The lowest BCUT2D eigenvalue weighted by molar-refractivity contribution is 0.102. The molecule has 0 atom stereocenters. The summed E-state index contributed by atoms with van der Waals surface area (Å²) in [6.45, 7) is 2.29. The van der Waals surface area contributed by atoms with Gasteiger partial charge in [-0.05, 0) is 78.7 Å². The Morgan fingerprint density at radius 3 is 1.63 bits per heavy atom. The molecule has 0 saturated heterocycles. The second kappa shape index (κ2) is 11.9. The largest absolute Gasteiger partial charge is 0.497 e. The molecule has 4 aromatic rings. The van der Waals surface area contributed by atoms with E-state index in [-0.39, 0.29) is 23.9 Å². The van der Waals surface area contributed by atoms with Gasteiger partial charge in [0, 0.05) is 24.3 Å². The van der Waals surface area contributed by atoms with E-state index in [0.29, 0.717) is 22.7 Å². The summed E-state index contributed by atoms with van der Waals surface area (Å²) >= 11 is 0. The summed E-state index contributed by atoms with van der Waals surface area (Å²) in [6.07, 6.45) is 0. The number of rotatable bonds is 10. The molecule has 0 aliphatic carbocycles. The topological polar surface area (TPSA) is 84.9 Å². The first-order valence-electron chi connectivity index (χ1n) is 12.0. The van der Waals surface area contributed by atoms with Gasteiger partial charge in [-0.2, -0.15) is 4.31 Å². The monoisotopic (exact) mass is 530 g/mol. The molecule has 38 heavy (non-hydrogen) atoms. The van der Waals surface area contributed by atoms with Gasteiger partial charge >= 0.3 is 0 Å². The molecule has 0 bridgehead atoms. The highest BCUT2D eigenvalue weighted by atomic mass is 32.2. The molecule has 0 fully saturated rings. The maximum absolute atomic E-state index is 13.8. The predicted molar refractivity (Wildman–Crippen MR) is 148 cm³/mol. The highest BCUT2D eigenvalue weighted by molar-refractivity contribution is 7.89. The summed E-state index contributed by atoms with van der Waals surface area (Å²) in [5.41, 5.74) is 3.74. The number of hydrogen-bond acceptors (Lipinski definition) is 5. The SMILES string of the molecule is COc1ccc(CN(Cc2ccc(OC)cc2)S(=O)(=O)c2ccc(NC(=O)c3ccc(C)cc3)cc2)cc1. The van der Waals surface area contributed by atoms with E-state index in [0.717, 1.165) is 16.7 Å². The van der Waals surface area contributed by atoms with E-state index in [4.69, 9.17) is 9.47 Å². The third-order valence-corrected chi connectivity index (χ3v) is 7.91. The van der Waals surface area contributed by atoms with Gasteiger partial charge in [-0.3, -0.25) is 4.79 Å². The highest BCUT2D eigenvalue weighted by Crippen LogP contribution is 2.24. The van der Waals surface area contributed by atoms with Crippen molar-refractivity contribution in [2.24, 2.45) is 0 Å². The van der Waals surface area contributed by atoms with E-state index in [1.165, 1.54) is 16.4 Å². The first kappa shape index (κ1) is 26.9. The van der Waals surface area contributed by atoms with Crippen LogP contribution in [0.15, 0.2) is 102 Å². The third kappa shape index (κ3) is 6.59. The van der Waals surface area contributed by atoms with Gasteiger partial charge in [0.1, 0.15) is 11.5 Å². The third-order valence-electron chi connectivity index (χ3n) is 6.10. The summed E-state index contributed by atoms with van der Waals surface area (Å²) in [4.78, 5) is 12.7. The highest BCUT2D eigenvalue weighted by Gasteiger charge is 2.25. The lowest BCUT2D eigenvalue weighted by Crippen LogP contribution is -2.30. The molecule has 0 spiro atoms. The number of nitrogens with zero attached hydrogens (tertiary/aromatic N) is 1. The Balaban J connectivity index is 1.57. The summed E-state index contributed by atoms with van der Waals surface area (Å²) < 4.78 is 39.4. The van der Waals surface area contributed by atoms with Crippen molar-refractivity contribution in [1.82, 2.24) is 4.31 Å². The minimum absolute atomic E-state index is 0.132. The van der Waals surface area contributed by atoms with E-state index in [1.807, 2.05) is 43.3 Å². The molecule has 0 aliphatic heterocycles. The molecule has 1 N–H and O–H groups in total. The van der Waals surface area contributed by atoms with E-state index < -0.39 is 10.0 Å². The van der Waals surface area contributed by atoms with Crippen LogP contribution < -0.4 is 14.8 Å². The Kier molecular flexibility index (Phi) is 8.45. The summed E-state index contributed by atoms with van der Waals surface area (Å²) in [7, 11) is -0.702. The smallest absolute Gasteiger partial charge is 0.255 e. The molecule has 4 rings (SSSR count). The van der Waals surface area contributed by atoms with Crippen LogP contribution in [0.4, 0.5) is 5.69 Å². The quantitative estimate of drug-likeness (QED) is 0.286. The maximum atomic E-state index is 13.8. The second-order valence-corrected chi connectivity index (χ2v) is 10.8. The number of benzene rings is 4. The molecule has 0 saturated carbocycles. The van der Waals surface area contributed by atoms with Gasteiger partial charge in [0.05, 0.1) is 19.1 Å². The van der Waals surface area contributed by atoms with Crippen molar-refractivity contribution in [1.29, 1.82) is 0 Å². The van der Waals surface area contributed by atoms with Crippen LogP contribution in [0.3, 0.4) is 0 Å². The van der Waals surface area contributed by atoms with Gasteiger partial charge in [0.25, 0.3) is 5.91 Å². The number of ether oxygens (including phenoxy) is 2. The number of aryl methyl sites for hydroxylation is 1. The van der Waals surface area contributed by atoms with Crippen LogP contribution in [-0.2, 0) is 23.1 Å². The molecule has 0 aromatic heterocycles. The fourth-order valence-corrected chi connectivity index (χ4v) is 5.28. The minimum atomic E-state index is -3.87. The standard InChI is InChI=1S/C30H30N2O5S/c1-22-4-10-25(11-5-22)30(33)31-26-12-18-29(19-13-26)38(34,35)32(20-23-6-14-27(36-2)15-7-23)21-24-8-16-28(37-3)17-9-24/h4-19H,20-21H2,1-3H3,(H,31,33). The molecule has 0 heterocycles. The molecular formula is C30H30N2O5S. The van der Waals surface area contributed by atoms with Crippen LogP contribution >= 0.6 is 0 Å². The van der Waals surface area contributed by atoms with Crippen LogP contribution in [0.2, 0.25) is 0 Å². The number of methoxy groups -OCH3 is 2. The fourth-order valence-electron chi connectivity index (χ4n) is 3.86. The second-order valence-electron chi connectivity index (χ2n) is 8.81. The molecular weight excluding hydrogens is 500 g/mol. The average molecular weight is 531 g/mol. The van der Waals surface area contributed by atoms with Crippen LogP contribution in [-0.4, -0.2) is 32.8 Å². The Labute approximate surface area is 223 Å². The Bertz CT molecular complexity index is 1420. The van der Waals surface area contributed by atoms with Crippen molar-refractivity contribution in [2.45, 2.75) is 24.9 Å². The number of anilines is 1. The van der Waals surface area contributed by atoms with Gasteiger partial charge in [0.15, 0.2) is 0 Å². The lowest BCUT2D eigenvalue weighted by atomic mass is 10.1. The zero-order valence-corrected chi connectivity index (χ0v) is 22.4. The minimum Gasteiger partial charge on any atom is -0.497 e. The summed E-state index contributed by atoms with van der Waals surface area (Å²) in [6, 6.07) is 28.0. The number of carbonyl (C=O) groups is 1. The number of sulfonamides is 1. The Morgan fingerprint density at radius 1 is 0.711 bits per heavy atom. The van der Waals surface area contributed by atoms with Crippen molar-refractivity contribution >= 4 is 21.6 Å². The molecule has 196 valence electrons. The molecule has 4 aromatic carbocycles. The van der Waals surface area contributed by atoms with Crippen molar-refractivity contribution in [3.05, 3.63) is 119 Å². The molecule has 7 nitrogen and oxygen atoms in total. The van der Waals surface area contributed by atoms with Gasteiger partial charge in [-0.1, -0.05) is 42.0 Å². The van der Waals surface area contributed by atoms with E-state index in [9.17, 15) is 13.2 Å². The molecule has 8 heteroatoms. The number of nitrogens with one attached hydrogen (secondary N) is 1. The molecule has 1 amide bonds. The first-order valence-corrected chi connectivity index (χ1v) is 13.5. The number of hydrogen-bond donors (Lipinski definition) is 1. The maximum Gasteiger partial charge on any atom is 0.255 e. The fraction of sp³-hybridized carbons (Fsp3) is 0.167. The normalized spacial score (nSPS) is 11.3. The van der Waals surface area contributed by atoms with Gasteiger partial charge in [-0.25, -0.2) is 8.42 Å². The molecule has 0 radical (unpaired) electrons. The summed E-state index contributed by atoms with van der Waals surface area (Å²) in [5, 5.41) is 2.82. The lowest BCUT2D eigenvalue weighted by Gasteiger charge is -2.23. The first-order chi connectivity index (χ1) is 18.3. The predicted octanol–water partition coefficient (Wildman–Crippen LogP) is 5.66. The van der Waals surface area contributed by atoms with Gasteiger partial charge < -0.3 is 14.8 Å². The van der Waals surface area contributed by atoms with Crippen LogP contribution in [0, 0.1) is 6.92 Å².